The van der Waals surface area contributed by atoms with Gasteiger partial charge in [-0.05, 0) is 68.6 Å². The summed E-state index contributed by atoms with van der Waals surface area (Å²) in [4.78, 5) is 7.24. The van der Waals surface area contributed by atoms with Crippen LogP contribution >= 0.6 is 0 Å². The number of rotatable bonds is 7. The molecular formula is C29H29N3O. The average Bonchev–Trinajstić information content (AvgIpc) is 3.33. The molecule has 1 aromatic heterocycles. The SMILES string of the molecule is N#CC(CCCN1CCC(c2nc3ccccc3o2)CC1)(c1ccccc1)c1ccccc1. The highest BCUT2D eigenvalue weighted by atomic mass is 16.3. The summed E-state index contributed by atoms with van der Waals surface area (Å²) in [5.74, 6) is 1.27. The van der Waals surface area contributed by atoms with Gasteiger partial charge in [-0.2, -0.15) is 5.26 Å². The second-order valence-corrected chi connectivity index (χ2v) is 8.99. The van der Waals surface area contributed by atoms with Crippen molar-refractivity contribution in [3.8, 4) is 6.07 Å². The van der Waals surface area contributed by atoms with Crippen LogP contribution < -0.4 is 0 Å². The topological polar surface area (TPSA) is 53.1 Å². The molecule has 1 saturated heterocycles. The van der Waals surface area contributed by atoms with Gasteiger partial charge in [0, 0.05) is 5.92 Å². The van der Waals surface area contributed by atoms with E-state index in [-0.39, 0.29) is 0 Å². The molecule has 1 aliphatic rings. The first kappa shape index (κ1) is 21.4. The van der Waals surface area contributed by atoms with Crippen molar-refractivity contribution in [1.29, 1.82) is 5.26 Å². The number of fused-ring (bicyclic) bond motifs is 1. The summed E-state index contributed by atoms with van der Waals surface area (Å²) in [5.41, 5.74) is 3.37. The third-order valence-electron chi connectivity index (χ3n) is 7.00. The van der Waals surface area contributed by atoms with E-state index in [0.29, 0.717) is 5.92 Å². The van der Waals surface area contributed by atoms with E-state index in [1.165, 1.54) is 0 Å². The maximum Gasteiger partial charge on any atom is 0.198 e. The van der Waals surface area contributed by atoms with E-state index < -0.39 is 5.41 Å². The lowest BCUT2D eigenvalue weighted by atomic mass is 9.72. The summed E-state index contributed by atoms with van der Waals surface area (Å²) in [7, 11) is 0. The zero-order chi connectivity index (χ0) is 22.5. The molecule has 4 heteroatoms. The standard InChI is InChI=1S/C29H29N3O/c30-22-29(24-10-3-1-4-11-24,25-12-5-2-6-13-25)18-9-19-32-20-16-23(17-21-32)28-31-26-14-7-8-15-27(26)33-28/h1-8,10-15,23H,9,16-21H2. The zero-order valence-corrected chi connectivity index (χ0v) is 18.9. The number of likely N-dealkylation sites (tertiary alicyclic amines) is 1. The van der Waals surface area contributed by atoms with Crippen molar-refractivity contribution < 1.29 is 4.42 Å². The highest BCUT2D eigenvalue weighted by Gasteiger charge is 2.34. The molecule has 166 valence electrons. The third-order valence-corrected chi connectivity index (χ3v) is 7.00. The van der Waals surface area contributed by atoms with E-state index in [1.54, 1.807) is 0 Å². The zero-order valence-electron chi connectivity index (χ0n) is 18.9. The molecule has 33 heavy (non-hydrogen) atoms. The number of nitrogens with zero attached hydrogens (tertiary/aromatic N) is 3. The van der Waals surface area contributed by atoms with Crippen LogP contribution in [-0.2, 0) is 5.41 Å². The van der Waals surface area contributed by atoms with E-state index in [1.807, 2.05) is 60.7 Å². The molecule has 2 heterocycles. The number of benzene rings is 3. The van der Waals surface area contributed by atoms with Crippen LogP contribution in [0.15, 0.2) is 89.3 Å². The lowest BCUT2D eigenvalue weighted by Gasteiger charge is -2.32. The summed E-state index contributed by atoms with van der Waals surface area (Å²) in [6.07, 6.45) is 3.91. The van der Waals surface area contributed by atoms with Crippen LogP contribution in [0.4, 0.5) is 0 Å². The first-order chi connectivity index (χ1) is 16.3. The number of piperidine rings is 1. The third kappa shape index (κ3) is 4.42. The van der Waals surface area contributed by atoms with Crippen LogP contribution in [0.2, 0.25) is 0 Å². The van der Waals surface area contributed by atoms with Crippen molar-refractivity contribution in [2.45, 2.75) is 37.0 Å². The predicted molar refractivity (Wildman–Crippen MR) is 131 cm³/mol. The highest BCUT2D eigenvalue weighted by molar-refractivity contribution is 5.72. The molecule has 5 rings (SSSR count). The second kappa shape index (κ2) is 9.60. The molecule has 1 fully saturated rings. The van der Waals surface area contributed by atoms with E-state index >= 15 is 0 Å². The van der Waals surface area contributed by atoms with Gasteiger partial charge in [-0.25, -0.2) is 4.98 Å². The molecule has 0 bridgehead atoms. The minimum absolute atomic E-state index is 0.389. The summed E-state index contributed by atoms with van der Waals surface area (Å²) < 4.78 is 6.02. The fourth-order valence-electron chi connectivity index (χ4n) is 5.12. The number of aromatic nitrogens is 1. The average molecular weight is 436 g/mol. The largest absolute Gasteiger partial charge is 0.440 e. The molecular weight excluding hydrogens is 406 g/mol. The highest BCUT2D eigenvalue weighted by Crippen LogP contribution is 2.37. The van der Waals surface area contributed by atoms with E-state index in [4.69, 9.17) is 9.40 Å². The molecule has 0 N–H and O–H groups in total. The van der Waals surface area contributed by atoms with Crippen molar-refractivity contribution in [1.82, 2.24) is 9.88 Å². The summed E-state index contributed by atoms with van der Waals surface area (Å²) in [5, 5.41) is 10.4. The first-order valence-electron chi connectivity index (χ1n) is 11.9. The van der Waals surface area contributed by atoms with Gasteiger partial charge in [0.15, 0.2) is 11.5 Å². The monoisotopic (exact) mass is 435 g/mol. The number of hydrogen-bond acceptors (Lipinski definition) is 4. The van der Waals surface area contributed by atoms with Crippen LogP contribution in [-0.4, -0.2) is 29.5 Å². The molecule has 0 aliphatic carbocycles. The molecule has 0 spiro atoms. The van der Waals surface area contributed by atoms with Crippen molar-refractivity contribution in [3.05, 3.63) is 102 Å². The maximum atomic E-state index is 10.4. The van der Waals surface area contributed by atoms with Crippen LogP contribution in [0.1, 0.15) is 48.6 Å². The number of nitriles is 1. The van der Waals surface area contributed by atoms with E-state index in [0.717, 1.165) is 73.4 Å². The fraction of sp³-hybridized carbons (Fsp3) is 0.310. The quantitative estimate of drug-likeness (QED) is 0.342. The van der Waals surface area contributed by atoms with Crippen LogP contribution in [0.5, 0.6) is 0 Å². The Kier molecular flexibility index (Phi) is 6.24. The van der Waals surface area contributed by atoms with Crippen LogP contribution in [0, 0.1) is 11.3 Å². The summed E-state index contributed by atoms with van der Waals surface area (Å²) in [6.45, 7) is 3.09. The molecule has 4 aromatic rings. The Morgan fingerprint density at radius 3 is 2.09 bits per heavy atom. The van der Waals surface area contributed by atoms with Gasteiger partial charge < -0.3 is 9.32 Å². The smallest absolute Gasteiger partial charge is 0.198 e. The fourth-order valence-corrected chi connectivity index (χ4v) is 5.12. The molecule has 3 aromatic carbocycles. The van der Waals surface area contributed by atoms with Gasteiger partial charge in [0.25, 0.3) is 0 Å². The Balaban J connectivity index is 1.22. The molecule has 0 amide bonds. The molecule has 0 radical (unpaired) electrons. The first-order valence-corrected chi connectivity index (χ1v) is 11.9. The Labute approximate surface area is 195 Å². The second-order valence-electron chi connectivity index (χ2n) is 8.99. The normalized spacial score (nSPS) is 15.5. The van der Waals surface area contributed by atoms with Gasteiger partial charge in [0.05, 0.1) is 6.07 Å². The van der Waals surface area contributed by atoms with Crippen molar-refractivity contribution in [3.63, 3.8) is 0 Å². The van der Waals surface area contributed by atoms with Gasteiger partial charge in [-0.15, -0.1) is 0 Å². The lowest BCUT2D eigenvalue weighted by Crippen LogP contribution is -2.35. The molecule has 0 atom stereocenters. The van der Waals surface area contributed by atoms with Crippen molar-refractivity contribution >= 4 is 11.1 Å². The van der Waals surface area contributed by atoms with Gasteiger partial charge in [-0.3, -0.25) is 0 Å². The molecule has 0 unspecified atom stereocenters. The summed E-state index contributed by atoms with van der Waals surface area (Å²) in [6, 6.07) is 31.2. The van der Waals surface area contributed by atoms with E-state index in [9.17, 15) is 5.26 Å². The van der Waals surface area contributed by atoms with Crippen molar-refractivity contribution in [2.24, 2.45) is 0 Å². The Hall–Kier alpha value is -3.42. The lowest BCUT2D eigenvalue weighted by molar-refractivity contribution is 0.196. The molecule has 4 nitrogen and oxygen atoms in total. The Morgan fingerprint density at radius 1 is 0.879 bits per heavy atom. The van der Waals surface area contributed by atoms with Gasteiger partial charge in [0.2, 0.25) is 0 Å². The van der Waals surface area contributed by atoms with E-state index in [2.05, 4.69) is 35.2 Å². The maximum absolute atomic E-state index is 10.4. The van der Waals surface area contributed by atoms with Crippen LogP contribution in [0.25, 0.3) is 11.1 Å². The Morgan fingerprint density at radius 2 is 1.48 bits per heavy atom. The minimum atomic E-state index is -0.612. The molecule has 0 saturated carbocycles. The van der Waals surface area contributed by atoms with Gasteiger partial charge in [-0.1, -0.05) is 72.8 Å². The number of oxazole rings is 1. The predicted octanol–water partition coefficient (Wildman–Crippen LogP) is 6.30. The number of hydrogen-bond donors (Lipinski definition) is 0. The minimum Gasteiger partial charge on any atom is -0.440 e. The van der Waals surface area contributed by atoms with Gasteiger partial charge >= 0.3 is 0 Å². The van der Waals surface area contributed by atoms with Gasteiger partial charge in [0.1, 0.15) is 10.9 Å². The van der Waals surface area contributed by atoms with Crippen LogP contribution in [0.3, 0.4) is 0 Å². The summed E-state index contributed by atoms with van der Waals surface area (Å²) >= 11 is 0. The number of para-hydroxylation sites is 2. The van der Waals surface area contributed by atoms with Crippen molar-refractivity contribution in [2.75, 3.05) is 19.6 Å². The molecule has 1 aliphatic heterocycles. The Bertz CT molecular complexity index is 1150.